The molecule has 2 nitrogen and oxygen atoms in total. The van der Waals surface area contributed by atoms with Gasteiger partial charge in [0, 0.05) is 41.5 Å². The third kappa shape index (κ3) is 3.64. The Balaban J connectivity index is 1.53. The molecule has 2 aliphatic heterocycles. The van der Waals surface area contributed by atoms with E-state index < -0.39 is 17.5 Å². The summed E-state index contributed by atoms with van der Waals surface area (Å²) < 4.78 is 49.9. The molecule has 0 amide bonds. The van der Waals surface area contributed by atoms with E-state index in [4.69, 9.17) is 0 Å². The van der Waals surface area contributed by atoms with Crippen molar-refractivity contribution in [2.75, 3.05) is 0 Å². The molecule has 0 saturated carbocycles. The first-order valence-electron chi connectivity index (χ1n) is 13.1. The zero-order valence-corrected chi connectivity index (χ0v) is 21.1. The number of hydrogen-bond acceptors (Lipinski definition) is 0. The molecule has 5 heteroatoms. The molecule has 2 aliphatic rings. The molecule has 2 aromatic heterocycles. The number of halogens is 3. The summed E-state index contributed by atoms with van der Waals surface area (Å²) in [4.78, 5) is 0. The predicted molar refractivity (Wildman–Crippen MR) is 145 cm³/mol. The van der Waals surface area contributed by atoms with Crippen LogP contribution in [0.15, 0.2) is 110 Å². The predicted octanol–water partition coefficient (Wildman–Crippen LogP) is 7.44. The largest absolute Gasteiger partial charge is 0.249 e. The fourth-order valence-electron chi connectivity index (χ4n) is 6.40. The molecule has 0 saturated heterocycles. The standard InChI is InChI=1S/C34H25F3N2/c1-21-34-26(24-11-5-6-12-25(24)30-13-7-8-17-39(30)34)14-15-27-32(28(35)20-29(36)33(27)37)31-19-23(16-18-38(21)31)22-9-3-2-4-10-22/h2-13,16-20,26,34H,1,14-15H2/q+2. The first-order chi connectivity index (χ1) is 19.0. The van der Waals surface area contributed by atoms with Gasteiger partial charge < -0.3 is 0 Å². The van der Waals surface area contributed by atoms with E-state index in [1.54, 1.807) is 0 Å². The second kappa shape index (κ2) is 9.05. The van der Waals surface area contributed by atoms with Crippen LogP contribution in [0.1, 0.15) is 29.5 Å². The molecule has 2 atom stereocenters. The molecule has 0 fully saturated rings. The van der Waals surface area contributed by atoms with E-state index in [2.05, 4.69) is 29.3 Å². The number of aromatic nitrogens is 2. The second-order valence-electron chi connectivity index (χ2n) is 10.2. The lowest BCUT2D eigenvalue weighted by Crippen LogP contribution is -2.53. The fraction of sp³-hybridized carbons (Fsp3) is 0.118. The molecule has 5 aromatic rings. The van der Waals surface area contributed by atoms with E-state index in [9.17, 15) is 4.39 Å². The first kappa shape index (κ1) is 23.6. The van der Waals surface area contributed by atoms with Crippen LogP contribution in [0.3, 0.4) is 0 Å². The van der Waals surface area contributed by atoms with E-state index in [1.807, 2.05) is 83.7 Å². The smallest absolute Gasteiger partial charge is 0.206 e. The average Bonchev–Trinajstić information content (AvgIpc) is 3.02. The van der Waals surface area contributed by atoms with Crippen molar-refractivity contribution in [1.29, 1.82) is 0 Å². The number of fused-ring (bicyclic) bond motifs is 9. The highest BCUT2D eigenvalue weighted by Gasteiger charge is 2.47. The van der Waals surface area contributed by atoms with Crippen LogP contribution >= 0.6 is 0 Å². The Hall–Kier alpha value is -4.51. The van der Waals surface area contributed by atoms with E-state index in [0.29, 0.717) is 18.2 Å². The maximum Gasteiger partial charge on any atom is 0.249 e. The zero-order valence-electron chi connectivity index (χ0n) is 21.1. The van der Waals surface area contributed by atoms with Crippen LogP contribution in [-0.2, 0) is 6.42 Å². The van der Waals surface area contributed by atoms with Crippen LogP contribution in [0.5, 0.6) is 0 Å². The van der Waals surface area contributed by atoms with Crippen molar-refractivity contribution in [2.24, 2.45) is 0 Å². The Morgan fingerprint density at radius 1 is 0.718 bits per heavy atom. The van der Waals surface area contributed by atoms with Gasteiger partial charge in [-0.2, -0.15) is 9.13 Å². The monoisotopic (exact) mass is 518 g/mol. The van der Waals surface area contributed by atoms with Crippen molar-refractivity contribution in [3.63, 3.8) is 0 Å². The highest BCUT2D eigenvalue weighted by atomic mass is 19.2. The van der Waals surface area contributed by atoms with Gasteiger partial charge >= 0.3 is 0 Å². The van der Waals surface area contributed by atoms with Gasteiger partial charge in [-0.05, 0) is 48.2 Å². The quantitative estimate of drug-likeness (QED) is 0.161. The summed E-state index contributed by atoms with van der Waals surface area (Å²) in [7, 11) is 0. The van der Waals surface area contributed by atoms with Crippen LogP contribution in [0.4, 0.5) is 13.2 Å². The Kier molecular flexibility index (Phi) is 5.48. The fourth-order valence-corrected chi connectivity index (χ4v) is 6.40. The summed E-state index contributed by atoms with van der Waals surface area (Å²) in [5.41, 5.74) is 6.39. The Morgan fingerprint density at radius 2 is 1.49 bits per heavy atom. The highest BCUT2D eigenvalue weighted by Crippen LogP contribution is 2.45. The lowest BCUT2D eigenvalue weighted by Gasteiger charge is -2.29. The number of hydrogen-bond donors (Lipinski definition) is 0. The SMILES string of the molecule is C=C1C2C(CCc3c(F)c(F)cc(F)c3-c3cc(-c4ccccc4)cc[n+]31)c1ccccc1-c1cccc[n+]12. The van der Waals surface area contributed by atoms with Gasteiger partial charge in [-0.3, -0.25) is 0 Å². The third-order valence-corrected chi connectivity index (χ3v) is 8.15. The van der Waals surface area contributed by atoms with Crippen molar-refractivity contribution in [2.45, 2.75) is 24.8 Å². The number of benzene rings is 3. The van der Waals surface area contributed by atoms with Crippen molar-refractivity contribution >= 4 is 5.70 Å². The topological polar surface area (TPSA) is 7.76 Å². The van der Waals surface area contributed by atoms with Crippen LogP contribution in [-0.4, -0.2) is 0 Å². The van der Waals surface area contributed by atoms with Gasteiger partial charge in [0.1, 0.15) is 5.82 Å². The van der Waals surface area contributed by atoms with E-state index in [0.717, 1.165) is 33.6 Å². The minimum absolute atomic E-state index is 0.0567. The second-order valence-corrected chi connectivity index (χ2v) is 10.2. The van der Waals surface area contributed by atoms with E-state index >= 15 is 8.78 Å². The van der Waals surface area contributed by atoms with Gasteiger partial charge in [0.15, 0.2) is 24.0 Å². The number of allylic oxidation sites excluding steroid dienone is 1. The zero-order chi connectivity index (χ0) is 26.7. The van der Waals surface area contributed by atoms with Gasteiger partial charge in [-0.1, -0.05) is 48.5 Å². The maximum absolute atomic E-state index is 15.7. The molecular formula is C34H25F3N2+2. The van der Waals surface area contributed by atoms with Crippen LogP contribution in [0.2, 0.25) is 0 Å². The summed E-state index contributed by atoms with van der Waals surface area (Å²) in [5, 5.41) is 0. The molecule has 4 heterocycles. The summed E-state index contributed by atoms with van der Waals surface area (Å²) in [6.07, 6.45) is 4.58. The lowest BCUT2D eigenvalue weighted by molar-refractivity contribution is -0.727. The van der Waals surface area contributed by atoms with Crippen molar-refractivity contribution in [3.8, 4) is 33.6 Å². The minimum atomic E-state index is -1.17. The summed E-state index contributed by atoms with van der Waals surface area (Å²) in [6.45, 7) is 4.55. The molecule has 0 bridgehead atoms. The van der Waals surface area contributed by atoms with Crippen molar-refractivity contribution in [3.05, 3.63) is 139 Å². The summed E-state index contributed by atoms with van der Waals surface area (Å²) in [6, 6.07) is 28.3. The highest BCUT2D eigenvalue weighted by molar-refractivity contribution is 5.72. The summed E-state index contributed by atoms with van der Waals surface area (Å²) >= 11 is 0. The third-order valence-electron chi connectivity index (χ3n) is 8.15. The van der Waals surface area contributed by atoms with Crippen molar-refractivity contribution < 1.29 is 22.3 Å². The van der Waals surface area contributed by atoms with Crippen LogP contribution in [0.25, 0.3) is 39.3 Å². The number of pyridine rings is 2. The van der Waals surface area contributed by atoms with Gasteiger partial charge in [0.25, 0.3) is 0 Å². The van der Waals surface area contributed by atoms with Crippen LogP contribution in [0, 0.1) is 17.5 Å². The molecule has 0 N–H and O–H groups in total. The molecule has 7 rings (SSSR count). The molecule has 0 aliphatic carbocycles. The Morgan fingerprint density at radius 3 is 2.33 bits per heavy atom. The minimum Gasteiger partial charge on any atom is -0.206 e. The molecule has 39 heavy (non-hydrogen) atoms. The van der Waals surface area contributed by atoms with E-state index in [1.165, 1.54) is 0 Å². The molecular weight excluding hydrogens is 493 g/mol. The molecule has 2 unspecified atom stereocenters. The van der Waals surface area contributed by atoms with Gasteiger partial charge in [-0.15, -0.1) is 0 Å². The van der Waals surface area contributed by atoms with Gasteiger partial charge in [0.2, 0.25) is 23.1 Å². The maximum atomic E-state index is 15.7. The Labute approximate surface area is 225 Å². The van der Waals surface area contributed by atoms with Gasteiger partial charge in [-0.25, -0.2) is 13.2 Å². The number of nitrogens with zero attached hydrogens (tertiary/aromatic N) is 2. The lowest BCUT2D eigenvalue weighted by atomic mass is 9.78. The molecule has 190 valence electrons. The number of rotatable bonds is 1. The average molecular weight is 519 g/mol. The van der Waals surface area contributed by atoms with Gasteiger partial charge in [0.05, 0.1) is 11.5 Å². The first-order valence-corrected chi connectivity index (χ1v) is 13.1. The normalized spacial score (nSPS) is 17.5. The van der Waals surface area contributed by atoms with E-state index in [-0.39, 0.29) is 29.5 Å². The molecule has 3 aromatic carbocycles. The Bertz CT molecular complexity index is 1780. The van der Waals surface area contributed by atoms with Crippen LogP contribution < -0.4 is 9.13 Å². The molecule has 0 radical (unpaired) electrons. The van der Waals surface area contributed by atoms with Crippen molar-refractivity contribution in [1.82, 2.24) is 0 Å². The molecule has 0 spiro atoms. The summed E-state index contributed by atoms with van der Waals surface area (Å²) in [5.74, 6) is -3.03.